The summed E-state index contributed by atoms with van der Waals surface area (Å²) >= 11 is 6.06. The molecule has 0 spiro atoms. The van der Waals surface area contributed by atoms with Gasteiger partial charge >= 0.3 is 6.18 Å². The van der Waals surface area contributed by atoms with Crippen molar-refractivity contribution in [3.63, 3.8) is 0 Å². The lowest BCUT2D eigenvalue weighted by molar-refractivity contribution is -0.137. The van der Waals surface area contributed by atoms with Gasteiger partial charge in [-0.05, 0) is 30.2 Å². The molecule has 1 aliphatic heterocycles. The van der Waals surface area contributed by atoms with Crippen LogP contribution in [0.4, 0.5) is 17.6 Å². The molecule has 1 saturated heterocycles. The second-order valence-electron chi connectivity index (χ2n) is 5.01. The van der Waals surface area contributed by atoms with E-state index < -0.39 is 24.5 Å². The minimum Gasteiger partial charge on any atom is -0.314 e. The Morgan fingerprint density at radius 3 is 2.48 bits per heavy atom. The van der Waals surface area contributed by atoms with E-state index in [1.54, 1.807) is 0 Å². The Kier molecular flexibility index (Phi) is 5.46. The second-order valence-corrected chi connectivity index (χ2v) is 5.42. The predicted octanol–water partition coefficient (Wildman–Crippen LogP) is 3.66. The van der Waals surface area contributed by atoms with Crippen molar-refractivity contribution < 1.29 is 17.6 Å². The van der Waals surface area contributed by atoms with Gasteiger partial charge in [-0.1, -0.05) is 11.6 Å². The quantitative estimate of drug-likeness (QED) is 0.850. The van der Waals surface area contributed by atoms with Gasteiger partial charge in [0.25, 0.3) is 0 Å². The molecule has 1 aromatic carbocycles. The number of hydrogen-bond donors (Lipinski definition) is 1. The van der Waals surface area contributed by atoms with Crippen molar-refractivity contribution in [3.05, 3.63) is 34.3 Å². The van der Waals surface area contributed by atoms with E-state index in [2.05, 4.69) is 5.32 Å². The molecule has 0 aromatic heterocycles. The standard InChI is InChI=1S/C14H17ClF4N2/c15-12-2-1-10(14(17,18)19)9-11(12)13(3-4-16)21-7-5-20-6-8-21/h1-2,9,13,20H,3-8H2/t13-/m1/s1. The molecule has 7 heteroatoms. The van der Waals surface area contributed by atoms with Crippen molar-refractivity contribution >= 4 is 11.6 Å². The Morgan fingerprint density at radius 1 is 1.24 bits per heavy atom. The summed E-state index contributed by atoms with van der Waals surface area (Å²) in [5.74, 6) is 0. The Balaban J connectivity index is 2.34. The zero-order valence-corrected chi connectivity index (χ0v) is 12.1. The third-order valence-corrected chi connectivity index (χ3v) is 4.00. The number of hydrogen-bond acceptors (Lipinski definition) is 2. The Bertz CT molecular complexity index is 473. The van der Waals surface area contributed by atoms with Crippen molar-refractivity contribution in [2.75, 3.05) is 32.9 Å². The molecule has 21 heavy (non-hydrogen) atoms. The number of alkyl halides is 4. The normalized spacial score (nSPS) is 18.7. The average Bonchev–Trinajstić information content (AvgIpc) is 2.45. The molecule has 1 heterocycles. The Labute approximate surface area is 126 Å². The van der Waals surface area contributed by atoms with E-state index in [0.29, 0.717) is 18.7 Å². The lowest BCUT2D eigenvalue weighted by Crippen LogP contribution is -2.45. The topological polar surface area (TPSA) is 15.3 Å². The molecular formula is C14H17ClF4N2. The van der Waals surface area contributed by atoms with Gasteiger partial charge < -0.3 is 5.32 Å². The molecule has 1 N–H and O–H groups in total. The number of rotatable bonds is 4. The molecule has 118 valence electrons. The van der Waals surface area contributed by atoms with Crippen molar-refractivity contribution in [2.45, 2.75) is 18.6 Å². The van der Waals surface area contributed by atoms with Gasteiger partial charge in [0.05, 0.1) is 12.2 Å². The van der Waals surface area contributed by atoms with Crippen LogP contribution in [0, 0.1) is 0 Å². The zero-order valence-electron chi connectivity index (χ0n) is 11.4. The highest BCUT2D eigenvalue weighted by Gasteiger charge is 2.32. The lowest BCUT2D eigenvalue weighted by Gasteiger charge is -2.35. The van der Waals surface area contributed by atoms with E-state index in [1.165, 1.54) is 6.07 Å². The average molecular weight is 325 g/mol. The van der Waals surface area contributed by atoms with Gasteiger partial charge in [0.2, 0.25) is 0 Å². The summed E-state index contributed by atoms with van der Waals surface area (Å²) in [7, 11) is 0. The van der Waals surface area contributed by atoms with E-state index in [1.807, 2.05) is 4.90 Å². The highest BCUT2D eigenvalue weighted by Crippen LogP contribution is 2.36. The van der Waals surface area contributed by atoms with Crippen molar-refractivity contribution in [3.8, 4) is 0 Å². The first-order valence-corrected chi connectivity index (χ1v) is 7.18. The minimum atomic E-state index is -4.43. The molecule has 0 aliphatic carbocycles. The van der Waals surface area contributed by atoms with E-state index in [4.69, 9.17) is 11.6 Å². The summed E-state index contributed by atoms with van der Waals surface area (Å²) in [4.78, 5) is 1.98. The fraction of sp³-hybridized carbons (Fsp3) is 0.571. The molecule has 1 fully saturated rings. The highest BCUT2D eigenvalue weighted by atomic mass is 35.5. The summed E-state index contributed by atoms with van der Waals surface area (Å²) in [6.07, 6.45) is -4.29. The van der Waals surface area contributed by atoms with Crippen molar-refractivity contribution in [2.24, 2.45) is 0 Å². The van der Waals surface area contributed by atoms with Crippen LogP contribution >= 0.6 is 11.6 Å². The van der Waals surface area contributed by atoms with E-state index in [9.17, 15) is 17.6 Å². The van der Waals surface area contributed by atoms with Gasteiger partial charge in [0.15, 0.2) is 0 Å². The Morgan fingerprint density at radius 2 is 1.90 bits per heavy atom. The maximum absolute atomic E-state index is 12.9. The van der Waals surface area contributed by atoms with Gasteiger partial charge in [-0.2, -0.15) is 13.2 Å². The maximum atomic E-state index is 12.9. The van der Waals surface area contributed by atoms with Crippen molar-refractivity contribution in [1.29, 1.82) is 0 Å². The number of halogens is 5. The third-order valence-electron chi connectivity index (χ3n) is 3.66. The first-order valence-electron chi connectivity index (χ1n) is 6.81. The lowest BCUT2D eigenvalue weighted by atomic mass is 9.99. The molecular weight excluding hydrogens is 308 g/mol. The van der Waals surface area contributed by atoms with Gasteiger partial charge in [-0.25, -0.2) is 0 Å². The smallest absolute Gasteiger partial charge is 0.314 e. The van der Waals surface area contributed by atoms with E-state index in [0.717, 1.165) is 25.2 Å². The molecule has 0 saturated carbocycles. The molecule has 1 atom stereocenters. The van der Waals surface area contributed by atoms with Gasteiger partial charge in [-0.15, -0.1) is 0 Å². The van der Waals surface area contributed by atoms with Crippen LogP contribution < -0.4 is 5.32 Å². The molecule has 0 unspecified atom stereocenters. The van der Waals surface area contributed by atoms with Crippen LogP contribution in [0.15, 0.2) is 18.2 Å². The molecule has 0 radical (unpaired) electrons. The number of piperazine rings is 1. The Hall–Kier alpha value is -0.850. The number of nitrogens with zero attached hydrogens (tertiary/aromatic N) is 1. The predicted molar refractivity (Wildman–Crippen MR) is 74.2 cm³/mol. The second kappa shape index (κ2) is 6.94. The largest absolute Gasteiger partial charge is 0.416 e. The summed E-state index contributed by atoms with van der Waals surface area (Å²) in [6, 6.07) is 2.82. The van der Waals surface area contributed by atoms with Gasteiger partial charge in [0, 0.05) is 37.2 Å². The molecule has 1 aromatic rings. The van der Waals surface area contributed by atoms with Gasteiger partial charge in [0.1, 0.15) is 0 Å². The van der Waals surface area contributed by atoms with Crippen LogP contribution in [0.1, 0.15) is 23.6 Å². The van der Waals surface area contributed by atoms with Crippen molar-refractivity contribution in [1.82, 2.24) is 10.2 Å². The molecule has 0 amide bonds. The summed E-state index contributed by atoms with van der Waals surface area (Å²) in [6.45, 7) is 2.20. The third kappa shape index (κ3) is 4.08. The van der Waals surface area contributed by atoms with E-state index in [-0.39, 0.29) is 11.4 Å². The maximum Gasteiger partial charge on any atom is 0.416 e. The first kappa shape index (κ1) is 16.5. The van der Waals surface area contributed by atoms with Crippen LogP contribution in [0.25, 0.3) is 0 Å². The summed E-state index contributed by atoms with van der Waals surface area (Å²) in [5, 5.41) is 3.41. The summed E-state index contributed by atoms with van der Waals surface area (Å²) < 4.78 is 51.4. The van der Waals surface area contributed by atoms with Crippen LogP contribution in [0.2, 0.25) is 5.02 Å². The first-order chi connectivity index (χ1) is 9.93. The van der Waals surface area contributed by atoms with Gasteiger partial charge in [-0.3, -0.25) is 9.29 Å². The fourth-order valence-corrected chi connectivity index (χ4v) is 2.85. The molecule has 2 rings (SSSR count). The minimum absolute atomic E-state index is 0.140. The van der Waals surface area contributed by atoms with E-state index >= 15 is 0 Å². The van der Waals surface area contributed by atoms with Crippen LogP contribution in [0.5, 0.6) is 0 Å². The molecule has 1 aliphatic rings. The monoisotopic (exact) mass is 324 g/mol. The van der Waals surface area contributed by atoms with Crippen LogP contribution in [-0.4, -0.2) is 37.8 Å². The fourth-order valence-electron chi connectivity index (χ4n) is 2.61. The number of nitrogens with one attached hydrogen (secondary N) is 1. The number of benzene rings is 1. The molecule has 0 bridgehead atoms. The SMILES string of the molecule is FCC[C@H](c1cc(C(F)(F)F)ccc1Cl)N1CCNCC1. The summed E-state index contributed by atoms with van der Waals surface area (Å²) in [5.41, 5.74) is -0.396. The van der Waals surface area contributed by atoms with Crippen LogP contribution in [-0.2, 0) is 6.18 Å². The van der Waals surface area contributed by atoms with Crippen LogP contribution in [0.3, 0.4) is 0 Å². The highest BCUT2D eigenvalue weighted by molar-refractivity contribution is 6.31. The zero-order chi connectivity index (χ0) is 15.5. The molecule has 2 nitrogen and oxygen atoms in total.